The van der Waals surface area contributed by atoms with Crippen molar-refractivity contribution in [3.63, 3.8) is 0 Å². The largest absolute Gasteiger partial charge is 0.433 e. The Labute approximate surface area is 106 Å². The van der Waals surface area contributed by atoms with Crippen LogP contribution in [0.5, 0.6) is 5.75 Å². The van der Waals surface area contributed by atoms with Gasteiger partial charge in [0.2, 0.25) is 0 Å². The van der Waals surface area contributed by atoms with Crippen LogP contribution in [0.1, 0.15) is 26.3 Å². The van der Waals surface area contributed by atoms with Gasteiger partial charge in [0.05, 0.1) is 5.02 Å². The van der Waals surface area contributed by atoms with Crippen molar-refractivity contribution in [3.05, 3.63) is 28.8 Å². The molecule has 0 spiro atoms. The molecule has 0 aliphatic heterocycles. The minimum Gasteiger partial charge on any atom is -0.433 e. The van der Waals surface area contributed by atoms with Gasteiger partial charge in [-0.25, -0.2) is 0 Å². The summed E-state index contributed by atoms with van der Waals surface area (Å²) in [5.74, 6) is 1.13. The maximum Gasteiger partial charge on any atom is 0.387 e. The summed E-state index contributed by atoms with van der Waals surface area (Å²) in [6.45, 7) is 3.62. The minimum absolute atomic E-state index is 0.0302. The van der Waals surface area contributed by atoms with Gasteiger partial charge >= 0.3 is 6.61 Å². The molecular formula is C13H17ClF2O. The third-order valence-corrected chi connectivity index (χ3v) is 3.20. The van der Waals surface area contributed by atoms with Crippen LogP contribution in [-0.2, 0) is 6.42 Å². The normalized spacial score (nSPS) is 13.2. The molecule has 0 saturated carbocycles. The zero-order chi connectivity index (χ0) is 13.0. The van der Waals surface area contributed by atoms with E-state index in [9.17, 15) is 8.78 Å². The SMILES string of the molecule is CC(C)C(C)Cc1ccc(OC(F)F)c(Cl)c1. The third kappa shape index (κ3) is 4.50. The van der Waals surface area contributed by atoms with Gasteiger partial charge in [-0.1, -0.05) is 38.4 Å². The molecule has 0 radical (unpaired) electrons. The second-order valence-electron chi connectivity index (χ2n) is 4.57. The van der Waals surface area contributed by atoms with Gasteiger partial charge in [-0.15, -0.1) is 0 Å². The van der Waals surface area contributed by atoms with Crippen LogP contribution in [0.4, 0.5) is 8.78 Å². The van der Waals surface area contributed by atoms with Gasteiger partial charge in [0.15, 0.2) is 0 Å². The first kappa shape index (κ1) is 14.2. The molecule has 0 saturated heterocycles. The zero-order valence-corrected chi connectivity index (χ0v) is 11.0. The van der Waals surface area contributed by atoms with Gasteiger partial charge in [-0.05, 0) is 36.0 Å². The number of alkyl halides is 2. The molecule has 0 aliphatic rings. The van der Waals surface area contributed by atoms with Gasteiger partial charge in [0, 0.05) is 0 Å². The number of hydrogen-bond acceptors (Lipinski definition) is 1. The second kappa shape index (κ2) is 6.20. The van der Waals surface area contributed by atoms with Crippen LogP contribution < -0.4 is 4.74 Å². The van der Waals surface area contributed by atoms with E-state index in [0.717, 1.165) is 12.0 Å². The van der Waals surface area contributed by atoms with E-state index < -0.39 is 6.61 Å². The molecule has 1 rings (SSSR count). The Morgan fingerprint density at radius 2 is 1.88 bits per heavy atom. The van der Waals surface area contributed by atoms with Crippen molar-refractivity contribution >= 4 is 11.6 Å². The highest BCUT2D eigenvalue weighted by Crippen LogP contribution is 2.28. The maximum absolute atomic E-state index is 12.0. The molecule has 0 bridgehead atoms. The van der Waals surface area contributed by atoms with E-state index in [1.54, 1.807) is 12.1 Å². The highest BCUT2D eigenvalue weighted by molar-refractivity contribution is 6.32. The molecule has 0 aromatic heterocycles. The third-order valence-electron chi connectivity index (χ3n) is 2.91. The van der Waals surface area contributed by atoms with Crippen LogP contribution >= 0.6 is 11.6 Å². The monoisotopic (exact) mass is 262 g/mol. The van der Waals surface area contributed by atoms with E-state index in [4.69, 9.17) is 11.6 Å². The summed E-state index contributed by atoms with van der Waals surface area (Å²) in [7, 11) is 0. The van der Waals surface area contributed by atoms with Crippen molar-refractivity contribution < 1.29 is 13.5 Å². The van der Waals surface area contributed by atoms with Crippen molar-refractivity contribution in [2.24, 2.45) is 11.8 Å². The standard InChI is InChI=1S/C13H17ClF2O/c1-8(2)9(3)6-10-4-5-12(11(14)7-10)17-13(15)16/h4-5,7-9,13H,6H2,1-3H3. The first-order valence-corrected chi connectivity index (χ1v) is 6.01. The molecule has 0 heterocycles. The summed E-state index contributed by atoms with van der Waals surface area (Å²) in [6.07, 6.45) is 0.881. The van der Waals surface area contributed by atoms with Crippen LogP contribution in [0, 0.1) is 11.8 Å². The lowest BCUT2D eigenvalue weighted by molar-refractivity contribution is -0.0497. The number of hydrogen-bond donors (Lipinski definition) is 0. The average molecular weight is 263 g/mol. The predicted octanol–water partition coefficient (Wildman–Crippen LogP) is 4.78. The Kier molecular flexibility index (Phi) is 5.19. The number of benzene rings is 1. The zero-order valence-electron chi connectivity index (χ0n) is 10.2. The van der Waals surface area contributed by atoms with Gasteiger partial charge in [0.1, 0.15) is 5.75 Å². The lowest BCUT2D eigenvalue weighted by Gasteiger charge is -2.16. The molecule has 1 aromatic rings. The van der Waals surface area contributed by atoms with E-state index >= 15 is 0 Å². The molecule has 1 nitrogen and oxygen atoms in total. The topological polar surface area (TPSA) is 9.23 Å². The molecule has 0 amide bonds. The number of ether oxygens (including phenoxy) is 1. The molecule has 96 valence electrons. The van der Waals surface area contributed by atoms with Crippen LogP contribution in [0.25, 0.3) is 0 Å². The molecule has 1 aromatic carbocycles. The Bertz CT molecular complexity index is 366. The molecule has 17 heavy (non-hydrogen) atoms. The molecule has 0 fully saturated rings. The molecule has 0 N–H and O–H groups in total. The van der Waals surface area contributed by atoms with Crippen molar-refractivity contribution in [1.82, 2.24) is 0 Å². The summed E-state index contributed by atoms with van der Waals surface area (Å²) < 4.78 is 28.4. The molecule has 0 aliphatic carbocycles. The van der Waals surface area contributed by atoms with E-state index in [-0.39, 0.29) is 10.8 Å². The van der Waals surface area contributed by atoms with Gasteiger partial charge in [0.25, 0.3) is 0 Å². The fourth-order valence-electron chi connectivity index (χ4n) is 1.47. The maximum atomic E-state index is 12.0. The Hall–Kier alpha value is -0.830. The highest BCUT2D eigenvalue weighted by atomic mass is 35.5. The predicted molar refractivity (Wildman–Crippen MR) is 65.8 cm³/mol. The van der Waals surface area contributed by atoms with Crippen LogP contribution in [-0.4, -0.2) is 6.61 Å². The van der Waals surface area contributed by atoms with Gasteiger partial charge < -0.3 is 4.74 Å². The smallest absolute Gasteiger partial charge is 0.387 e. The number of halogens is 3. The van der Waals surface area contributed by atoms with E-state index in [2.05, 4.69) is 25.5 Å². The first-order valence-electron chi connectivity index (χ1n) is 5.63. The lowest BCUT2D eigenvalue weighted by atomic mass is 9.91. The second-order valence-corrected chi connectivity index (χ2v) is 4.98. The fourth-order valence-corrected chi connectivity index (χ4v) is 1.72. The van der Waals surface area contributed by atoms with Crippen LogP contribution in [0.15, 0.2) is 18.2 Å². The average Bonchev–Trinajstić information content (AvgIpc) is 2.21. The lowest BCUT2D eigenvalue weighted by Crippen LogP contribution is -2.07. The molecular weight excluding hydrogens is 246 g/mol. The summed E-state index contributed by atoms with van der Waals surface area (Å²) >= 11 is 5.88. The van der Waals surface area contributed by atoms with E-state index in [0.29, 0.717) is 11.8 Å². The van der Waals surface area contributed by atoms with E-state index in [1.807, 2.05) is 0 Å². The molecule has 1 atom stereocenters. The Morgan fingerprint density at radius 3 is 2.35 bits per heavy atom. The fraction of sp³-hybridized carbons (Fsp3) is 0.538. The molecule has 1 unspecified atom stereocenters. The van der Waals surface area contributed by atoms with Crippen molar-refractivity contribution in [2.45, 2.75) is 33.8 Å². The van der Waals surface area contributed by atoms with Crippen molar-refractivity contribution in [1.29, 1.82) is 0 Å². The summed E-state index contributed by atoms with van der Waals surface area (Å²) in [6, 6.07) is 4.97. The summed E-state index contributed by atoms with van der Waals surface area (Å²) in [5, 5.41) is 0.235. The highest BCUT2D eigenvalue weighted by Gasteiger charge is 2.12. The summed E-state index contributed by atoms with van der Waals surface area (Å²) in [4.78, 5) is 0. The number of rotatable bonds is 5. The Balaban J connectivity index is 2.75. The Morgan fingerprint density at radius 1 is 1.24 bits per heavy atom. The van der Waals surface area contributed by atoms with Crippen LogP contribution in [0.2, 0.25) is 5.02 Å². The van der Waals surface area contributed by atoms with Gasteiger partial charge in [-0.3, -0.25) is 0 Å². The first-order chi connectivity index (χ1) is 7.90. The van der Waals surface area contributed by atoms with Crippen molar-refractivity contribution in [3.8, 4) is 5.75 Å². The van der Waals surface area contributed by atoms with Crippen molar-refractivity contribution in [2.75, 3.05) is 0 Å². The van der Waals surface area contributed by atoms with Gasteiger partial charge in [-0.2, -0.15) is 8.78 Å². The minimum atomic E-state index is -2.84. The van der Waals surface area contributed by atoms with E-state index in [1.165, 1.54) is 6.07 Å². The quantitative estimate of drug-likeness (QED) is 0.742. The van der Waals surface area contributed by atoms with Crippen LogP contribution in [0.3, 0.4) is 0 Å². The summed E-state index contributed by atoms with van der Waals surface area (Å²) in [5.41, 5.74) is 1.04. The molecule has 4 heteroatoms.